The van der Waals surface area contributed by atoms with Crippen LogP contribution in [-0.2, 0) is 0 Å². The van der Waals surface area contributed by atoms with Crippen molar-refractivity contribution in [2.24, 2.45) is 9.98 Å². The van der Waals surface area contributed by atoms with Crippen LogP contribution in [0.25, 0.3) is 71.7 Å². The molecule has 10 aromatic rings. The number of fused-ring (bicyclic) bond motifs is 6. The number of amidine groups is 2. The molecule has 1 atom stereocenters. The highest BCUT2D eigenvalue weighted by molar-refractivity contribution is 6.17. The summed E-state index contributed by atoms with van der Waals surface area (Å²) in [4.78, 5) is 10.6. The first kappa shape index (κ1) is 32.0. The molecule has 5 nitrogen and oxygen atoms in total. The first-order valence-electron chi connectivity index (χ1n) is 18.9. The van der Waals surface area contributed by atoms with Crippen molar-refractivity contribution in [2.75, 3.05) is 0 Å². The lowest BCUT2D eigenvalue weighted by Gasteiger charge is -2.24. The van der Waals surface area contributed by atoms with Crippen LogP contribution >= 0.6 is 0 Å². The summed E-state index contributed by atoms with van der Waals surface area (Å²) in [7, 11) is 0. The lowest BCUT2D eigenvalue weighted by Crippen LogP contribution is -2.33. The van der Waals surface area contributed by atoms with Crippen molar-refractivity contribution in [1.82, 2.24) is 9.88 Å². The van der Waals surface area contributed by atoms with Crippen LogP contribution in [0.4, 0.5) is 0 Å². The Labute approximate surface area is 323 Å². The van der Waals surface area contributed by atoms with E-state index in [4.69, 9.17) is 14.4 Å². The van der Waals surface area contributed by atoms with Gasteiger partial charge in [-0.3, -0.25) is 0 Å². The minimum atomic E-state index is -0.368. The molecule has 0 spiro atoms. The van der Waals surface area contributed by atoms with E-state index in [-0.39, 0.29) is 6.17 Å². The summed E-state index contributed by atoms with van der Waals surface area (Å²) in [5, 5.41) is 8.24. The van der Waals surface area contributed by atoms with E-state index in [2.05, 4.69) is 180 Å². The van der Waals surface area contributed by atoms with Crippen LogP contribution in [0, 0.1) is 0 Å². The van der Waals surface area contributed by atoms with E-state index in [0.29, 0.717) is 5.84 Å². The first-order valence-corrected chi connectivity index (χ1v) is 18.9. The van der Waals surface area contributed by atoms with Crippen LogP contribution in [0.15, 0.2) is 209 Å². The van der Waals surface area contributed by atoms with Crippen molar-refractivity contribution in [3.05, 3.63) is 211 Å². The number of para-hydroxylation sites is 3. The first-order chi connectivity index (χ1) is 27.7. The second-order valence-electron chi connectivity index (χ2n) is 14.2. The van der Waals surface area contributed by atoms with Gasteiger partial charge < -0.3 is 14.3 Å². The third-order valence-electron chi connectivity index (χ3n) is 10.9. The predicted octanol–water partition coefficient (Wildman–Crippen LogP) is 12.5. The van der Waals surface area contributed by atoms with Crippen molar-refractivity contribution in [1.29, 1.82) is 0 Å². The van der Waals surface area contributed by atoms with Gasteiger partial charge in [0.15, 0.2) is 11.4 Å². The number of nitrogens with one attached hydrogen (secondary N) is 1. The van der Waals surface area contributed by atoms with E-state index in [1.165, 1.54) is 5.39 Å². The summed E-state index contributed by atoms with van der Waals surface area (Å²) in [5.74, 6) is 1.44. The Morgan fingerprint density at radius 1 is 0.446 bits per heavy atom. The van der Waals surface area contributed by atoms with Crippen molar-refractivity contribution < 1.29 is 4.42 Å². The fourth-order valence-electron chi connectivity index (χ4n) is 8.17. The molecule has 0 aliphatic carbocycles. The van der Waals surface area contributed by atoms with Gasteiger partial charge in [-0.25, -0.2) is 9.98 Å². The lowest BCUT2D eigenvalue weighted by atomic mass is 10.0. The van der Waals surface area contributed by atoms with E-state index >= 15 is 0 Å². The molecule has 0 fully saturated rings. The molecule has 5 heteroatoms. The van der Waals surface area contributed by atoms with Crippen LogP contribution in [0.3, 0.4) is 0 Å². The predicted molar refractivity (Wildman–Crippen MR) is 231 cm³/mol. The number of aromatic nitrogens is 1. The zero-order chi connectivity index (χ0) is 37.0. The average molecular weight is 719 g/mol. The standard InChI is InChI=1S/C51H34N4O/c1-3-14-33(15-4-1)35-18-11-20-37(30-35)49-52-50(38-21-12-19-36(31-38)34-16-5-2-6-17-34)54-51(53-49)39-28-29-41-40-22-7-9-25-44(40)55(46(41)32-39)45-26-13-24-43-42-23-8-10-27-47(42)56-48(43)45/h1-32,49H,(H,52,53,54). The second kappa shape index (κ2) is 13.1. The molecule has 264 valence electrons. The maximum Gasteiger partial charge on any atom is 0.159 e. The fourth-order valence-corrected chi connectivity index (χ4v) is 8.17. The molecule has 3 heterocycles. The lowest BCUT2D eigenvalue weighted by molar-refractivity contribution is 0.666. The van der Waals surface area contributed by atoms with E-state index in [9.17, 15) is 0 Å². The molecule has 0 amide bonds. The third kappa shape index (κ3) is 5.40. The highest BCUT2D eigenvalue weighted by Gasteiger charge is 2.24. The molecule has 1 N–H and O–H groups in total. The highest BCUT2D eigenvalue weighted by atomic mass is 16.3. The minimum Gasteiger partial charge on any atom is -0.454 e. The number of benzene rings is 8. The third-order valence-corrected chi connectivity index (χ3v) is 10.9. The normalized spacial score (nSPS) is 14.2. The summed E-state index contributed by atoms with van der Waals surface area (Å²) in [6.07, 6.45) is -0.368. The molecule has 0 saturated carbocycles. The van der Waals surface area contributed by atoms with Gasteiger partial charge in [0.2, 0.25) is 0 Å². The van der Waals surface area contributed by atoms with Gasteiger partial charge in [-0.2, -0.15) is 0 Å². The Bertz CT molecular complexity index is 3170. The number of furan rings is 1. The van der Waals surface area contributed by atoms with Gasteiger partial charge in [-0.1, -0.05) is 158 Å². The summed E-state index contributed by atoms with van der Waals surface area (Å²) >= 11 is 0. The van der Waals surface area contributed by atoms with Crippen molar-refractivity contribution in [3.63, 3.8) is 0 Å². The summed E-state index contributed by atoms with van der Waals surface area (Å²) in [6, 6.07) is 68.0. The van der Waals surface area contributed by atoms with Gasteiger partial charge in [-0.05, 0) is 64.2 Å². The van der Waals surface area contributed by atoms with Crippen LogP contribution < -0.4 is 5.32 Å². The molecule has 1 aliphatic heterocycles. The van der Waals surface area contributed by atoms with E-state index in [0.717, 1.165) is 88.8 Å². The molecule has 1 unspecified atom stereocenters. The SMILES string of the molecule is c1ccc(-c2cccc(C3=NC(c4ccc5c6ccccc6n(-c6cccc7c6oc6ccccc67)c5c4)=NC(c4cccc(-c5ccccc5)c4)N3)c2)cc1. The van der Waals surface area contributed by atoms with Crippen molar-refractivity contribution in [3.8, 4) is 27.9 Å². The monoisotopic (exact) mass is 718 g/mol. The van der Waals surface area contributed by atoms with Gasteiger partial charge in [0.25, 0.3) is 0 Å². The molecule has 8 aromatic carbocycles. The summed E-state index contributed by atoms with van der Waals surface area (Å²) < 4.78 is 8.92. The highest BCUT2D eigenvalue weighted by Crippen LogP contribution is 2.38. The Kier molecular flexibility index (Phi) is 7.49. The maximum atomic E-state index is 6.59. The maximum absolute atomic E-state index is 6.59. The zero-order valence-electron chi connectivity index (χ0n) is 30.3. The second-order valence-corrected chi connectivity index (χ2v) is 14.2. The molecule has 11 rings (SSSR count). The van der Waals surface area contributed by atoms with Crippen LogP contribution in [0.1, 0.15) is 22.9 Å². The average Bonchev–Trinajstić information content (AvgIpc) is 3.83. The van der Waals surface area contributed by atoms with Crippen molar-refractivity contribution in [2.45, 2.75) is 6.17 Å². The van der Waals surface area contributed by atoms with Crippen molar-refractivity contribution >= 4 is 55.4 Å². The van der Waals surface area contributed by atoms with Crippen LogP contribution in [0.2, 0.25) is 0 Å². The Hall–Kier alpha value is -7.50. The van der Waals surface area contributed by atoms with Gasteiger partial charge in [0.05, 0.1) is 16.7 Å². The van der Waals surface area contributed by atoms with Crippen LogP contribution in [0.5, 0.6) is 0 Å². The molecule has 0 bridgehead atoms. The van der Waals surface area contributed by atoms with Gasteiger partial charge in [-0.15, -0.1) is 0 Å². The smallest absolute Gasteiger partial charge is 0.159 e. The summed E-state index contributed by atoms with van der Waals surface area (Å²) in [5.41, 5.74) is 12.5. The van der Waals surface area contributed by atoms with E-state index in [1.54, 1.807) is 0 Å². The molecular formula is C51H34N4O. The zero-order valence-corrected chi connectivity index (χ0v) is 30.3. The van der Waals surface area contributed by atoms with Gasteiger partial charge in [0, 0.05) is 32.7 Å². The largest absolute Gasteiger partial charge is 0.454 e. The number of nitrogens with zero attached hydrogens (tertiary/aromatic N) is 3. The quantitative estimate of drug-likeness (QED) is 0.186. The Balaban J connectivity index is 1.10. The molecule has 0 radical (unpaired) electrons. The van der Waals surface area contributed by atoms with E-state index in [1.807, 2.05) is 24.3 Å². The van der Waals surface area contributed by atoms with Gasteiger partial charge in [0.1, 0.15) is 17.6 Å². The number of hydrogen-bond donors (Lipinski definition) is 1. The fraction of sp³-hybridized carbons (Fsp3) is 0.0196. The topological polar surface area (TPSA) is 54.8 Å². The minimum absolute atomic E-state index is 0.368. The molecule has 0 saturated heterocycles. The molecule has 2 aromatic heterocycles. The van der Waals surface area contributed by atoms with E-state index < -0.39 is 0 Å². The molecule has 1 aliphatic rings. The Morgan fingerprint density at radius 3 is 1.89 bits per heavy atom. The molecule has 56 heavy (non-hydrogen) atoms. The number of aliphatic imine (C=N–C) groups is 2. The van der Waals surface area contributed by atoms with Gasteiger partial charge >= 0.3 is 0 Å². The number of hydrogen-bond acceptors (Lipinski definition) is 4. The molecular weight excluding hydrogens is 685 g/mol. The Morgan fingerprint density at radius 2 is 1.07 bits per heavy atom. The number of rotatable bonds is 6. The van der Waals surface area contributed by atoms with Crippen LogP contribution in [-0.4, -0.2) is 16.2 Å². The summed E-state index contributed by atoms with van der Waals surface area (Å²) in [6.45, 7) is 0.